The van der Waals surface area contributed by atoms with Crippen LogP contribution >= 0.6 is 11.6 Å². The number of benzene rings is 1. The molecule has 0 aliphatic carbocycles. The van der Waals surface area contributed by atoms with Crippen LogP contribution in [0, 0.1) is 6.92 Å². The minimum absolute atomic E-state index is 0.122. The summed E-state index contributed by atoms with van der Waals surface area (Å²) in [6.45, 7) is 4.66. The SMILES string of the molecule is Cc1c(Cl)cccc1NC(=O)[C@H]1CC(=O)Nc2nc(N3CCCC[C@@H]3C)[nH]c(=O)c21. The van der Waals surface area contributed by atoms with E-state index in [-0.39, 0.29) is 29.8 Å². The van der Waals surface area contributed by atoms with Crippen molar-refractivity contribution < 1.29 is 9.59 Å². The van der Waals surface area contributed by atoms with E-state index in [1.165, 1.54) is 0 Å². The Hall–Kier alpha value is -2.87. The number of aromatic nitrogens is 2. The zero-order chi connectivity index (χ0) is 21.4. The second kappa shape index (κ2) is 8.10. The van der Waals surface area contributed by atoms with Gasteiger partial charge in [-0.2, -0.15) is 4.98 Å². The topological polar surface area (TPSA) is 107 Å². The number of nitrogens with one attached hydrogen (secondary N) is 3. The predicted molar refractivity (Wildman–Crippen MR) is 116 cm³/mol. The first-order valence-electron chi connectivity index (χ1n) is 10.1. The van der Waals surface area contributed by atoms with Crippen molar-refractivity contribution in [2.24, 2.45) is 0 Å². The molecule has 2 aromatic rings. The third-order valence-corrected chi connectivity index (χ3v) is 6.27. The van der Waals surface area contributed by atoms with Gasteiger partial charge in [-0.15, -0.1) is 0 Å². The number of piperidine rings is 1. The second-order valence-corrected chi connectivity index (χ2v) is 8.30. The summed E-state index contributed by atoms with van der Waals surface area (Å²) in [6.07, 6.45) is 3.04. The van der Waals surface area contributed by atoms with Crippen LogP contribution in [0.25, 0.3) is 0 Å². The van der Waals surface area contributed by atoms with E-state index in [9.17, 15) is 14.4 Å². The van der Waals surface area contributed by atoms with Gasteiger partial charge in [-0.1, -0.05) is 17.7 Å². The van der Waals surface area contributed by atoms with Gasteiger partial charge in [0.1, 0.15) is 5.82 Å². The van der Waals surface area contributed by atoms with E-state index >= 15 is 0 Å². The number of carbonyl (C=O) groups is 2. The fourth-order valence-electron chi connectivity index (χ4n) is 4.09. The van der Waals surface area contributed by atoms with Crippen LogP contribution in [0.5, 0.6) is 0 Å². The lowest BCUT2D eigenvalue weighted by molar-refractivity contribution is -0.123. The number of aromatic amines is 1. The van der Waals surface area contributed by atoms with E-state index in [1.54, 1.807) is 25.1 Å². The summed E-state index contributed by atoms with van der Waals surface area (Å²) < 4.78 is 0. The van der Waals surface area contributed by atoms with Crippen molar-refractivity contribution in [2.45, 2.75) is 51.5 Å². The fourth-order valence-corrected chi connectivity index (χ4v) is 4.27. The highest BCUT2D eigenvalue weighted by Gasteiger charge is 2.35. The standard InChI is InChI=1S/C21H24ClN5O3/c1-11-6-3-4-9-27(11)21-25-18-17(20(30)26-21)13(10-16(28)24-18)19(29)23-15-8-5-7-14(22)12(15)2/h5,7-8,11,13H,3-4,6,9-10H2,1-2H3,(H,23,29)(H2,24,25,26,28,30)/t11-,13-/m0/s1. The van der Waals surface area contributed by atoms with Crippen LogP contribution in [0.15, 0.2) is 23.0 Å². The Morgan fingerprint density at radius 2 is 2.10 bits per heavy atom. The van der Waals surface area contributed by atoms with Crippen LogP contribution in [-0.4, -0.2) is 34.4 Å². The van der Waals surface area contributed by atoms with Crippen LogP contribution in [0.1, 0.15) is 49.7 Å². The van der Waals surface area contributed by atoms with Gasteiger partial charge in [-0.3, -0.25) is 19.4 Å². The summed E-state index contributed by atoms with van der Waals surface area (Å²) in [5, 5.41) is 5.99. The van der Waals surface area contributed by atoms with Gasteiger partial charge in [-0.05, 0) is 50.8 Å². The fraction of sp³-hybridized carbons (Fsp3) is 0.429. The molecule has 1 saturated heterocycles. The Bertz CT molecular complexity index is 1070. The molecule has 2 aliphatic heterocycles. The molecule has 8 nitrogen and oxygen atoms in total. The van der Waals surface area contributed by atoms with Crippen molar-refractivity contribution in [1.82, 2.24) is 9.97 Å². The largest absolute Gasteiger partial charge is 0.340 e. The summed E-state index contributed by atoms with van der Waals surface area (Å²) in [5.74, 6) is -1.14. The normalized spacial score (nSPS) is 21.0. The molecule has 1 aromatic carbocycles. The number of carbonyl (C=O) groups excluding carboxylic acids is 2. The van der Waals surface area contributed by atoms with E-state index in [1.807, 2.05) is 4.90 Å². The highest BCUT2D eigenvalue weighted by atomic mass is 35.5. The molecule has 2 aliphatic rings. The molecule has 0 saturated carbocycles. The number of H-pyrrole nitrogens is 1. The van der Waals surface area contributed by atoms with Gasteiger partial charge in [0.25, 0.3) is 5.56 Å². The minimum Gasteiger partial charge on any atom is -0.340 e. The Morgan fingerprint density at radius 3 is 2.87 bits per heavy atom. The van der Waals surface area contributed by atoms with Gasteiger partial charge in [-0.25, -0.2) is 0 Å². The van der Waals surface area contributed by atoms with Crippen LogP contribution < -0.4 is 21.1 Å². The van der Waals surface area contributed by atoms with E-state index < -0.39 is 17.4 Å². The monoisotopic (exact) mass is 429 g/mol. The average Bonchev–Trinajstić information content (AvgIpc) is 2.70. The van der Waals surface area contributed by atoms with Crippen molar-refractivity contribution >= 4 is 40.9 Å². The number of hydrogen-bond donors (Lipinski definition) is 3. The average molecular weight is 430 g/mol. The molecule has 0 radical (unpaired) electrons. The molecule has 1 fully saturated rings. The summed E-state index contributed by atoms with van der Waals surface area (Å²) in [5.41, 5.74) is 1.04. The van der Waals surface area contributed by atoms with E-state index in [2.05, 4.69) is 27.5 Å². The molecule has 0 bridgehead atoms. The smallest absolute Gasteiger partial charge is 0.258 e. The summed E-state index contributed by atoms with van der Waals surface area (Å²) in [7, 11) is 0. The first kappa shape index (κ1) is 20.4. The Labute approximate surface area is 179 Å². The van der Waals surface area contributed by atoms with Gasteiger partial charge in [0.2, 0.25) is 17.8 Å². The van der Waals surface area contributed by atoms with Crippen molar-refractivity contribution in [3.8, 4) is 0 Å². The van der Waals surface area contributed by atoms with Crippen LogP contribution in [0.3, 0.4) is 0 Å². The van der Waals surface area contributed by atoms with Gasteiger partial charge in [0, 0.05) is 29.7 Å². The number of hydrogen-bond acceptors (Lipinski definition) is 5. The number of amides is 2. The maximum atomic E-state index is 13.0. The van der Waals surface area contributed by atoms with Crippen molar-refractivity contribution in [3.63, 3.8) is 0 Å². The Balaban J connectivity index is 1.68. The van der Waals surface area contributed by atoms with Gasteiger partial charge in [0.05, 0.1) is 11.5 Å². The molecule has 158 valence electrons. The van der Waals surface area contributed by atoms with Crippen molar-refractivity contribution in [3.05, 3.63) is 44.7 Å². The first-order valence-corrected chi connectivity index (χ1v) is 10.5. The molecule has 4 rings (SSSR count). The second-order valence-electron chi connectivity index (χ2n) is 7.90. The molecule has 1 aromatic heterocycles. The highest BCUT2D eigenvalue weighted by Crippen LogP contribution is 2.32. The molecule has 30 heavy (non-hydrogen) atoms. The maximum Gasteiger partial charge on any atom is 0.258 e. The number of halogens is 1. The molecular formula is C21H24ClN5O3. The highest BCUT2D eigenvalue weighted by molar-refractivity contribution is 6.31. The number of rotatable bonds is 3. The lowest BCUT2D eigenvalue weighted by Gasteiger charge is -2.34. The summed E-state index contributed by atoms with van der Waals surface area (Å²) in [6, 6.07) is 5.43. The molecule has 3 N–H and O–H groups in total. The molecule has 2 atom stereocenters. The van der Waals surface area contributed by atoms with Gasteiger partial charge in [0.15, 0.2) is 0 Å². The summed E-state index contributed by atoms with van der Waals surface area (Å²) >= 11 is 6.13. The van der Waals surface area contributed by atoms with Crippen molar-refractivity contribution in [1.29, 1.82) is 0 Å². The van der Waals surface area contributed by atoms with Crippen molar-refractivity contribution in [2.75, 3.05) is 22.1 Å². The molecular weight excluding hydrogens is 406 g/mol. The predicted octanol–water partition coefficient (Wildman–Crippen LogP) is 3.18. The van der Waals surface area contributed by atoms with Crippen LogP contribution in [0.4, 0.5) is 17.5 Å². The lowest BCUT2D eigenvalue weighted by atomic mass is 9.92. The summed E-state index contributed by atoms with van der Waals surface area (Å²) in [4.78, 5) is 47.6. The third-order valence-electron chi connectivity index (χ3n) is 5.86. The first-order chi connectivity index (χ1) is 14.3. The van der Waals surface area contributed by atoms with Crippen LogP contribution in [0.2, 0.25) is 5.02 Å². The van der Waals surface area contributed by atoms with E-state index in [0.29, 0.717) is 16.7 Å². The molecule has 2 amide bonds. The maximum absolute atomic E-state index is 13.0. The lowest BCUT2D eigenvalue weighted by Crippen LogP contribution is -2.42. The van der Waals surface area contributed by atoms with Gasteiger partial charge >= 0.3 is 0 Å². The van der Waals surface area contributed by atoms with Crippen LogP contribution in [-0.2, 0) is 9.59 Å². The van der Waals surface area contributed by atoms with E-state index in [4.69, 9.17) is 11.6 Å². The number of nitrogens with zero attached hydrogens (tertiary/aromatic N) is 2. The van der Waals surface area contributed by atoms with E-state index in [0.717, 1.165) is 31.4 Å². The quantitative estimate of drug-likeness (QED) is 0.694. The molecule has 9 heteroatoms. The molecule has 0 unspecified atom stereocenters. The number of anilines is 3. The molecule has 3 heterocycles. The third kappa shape index (κ3) is 3.79. The van der Waals surface area contributed by atoms with Gasteiger partial charge < -0.3 is 15.5 Å². The zero-order valence-electron chi connectivity index (χ0n) is 16.9. The Morgan fingerprint density at radius 1 is 1.30 bits per heavy atom. The Kier molecular flexibility index (Phi) is 5.51. The minimum atomic E-state index is -0.934. The number of fused-ring (bicyclic) bond motifs is 1. The zero-order valence-corrected chi connectivity index (χ0v) is 17.7. The molecule has 0 spiro atoms.